The molecule has 114 valence electrons. The maximum Gasteiger partial charge on any atom is 0.0615 e. The minimum atomic E-state index is 0.465. The van der Waals surface area contributed by atoms with Crippen molar-refractivity contribution in [3.8, 4) is 0 Å². The highest BCUT2D eigenvalue weighted by Crippen LogP contribution is 2.33. The first-order valence-electron chi connectivity index (χ1n) is 7.57. The minimum Gasteiger partial charge on any atom is -0.383 e. The third-order valence-corrected chi connectivity index (χ3v) is 4.12. The molecular formula is C15H32N2O2. The lowest BCUT2D eigenvalue weighted by Crippen LogP contribution is -2.55. The molecule has 4 nitrogen and oxygen atoms in total. The van der Waals surface area contributed by atoms with Crippen molar-refractivity contribution in [2.45, 2.75) is 51.7 Å². The third-order valence-electron chi connectivity index (χ3n) is 4.12. The predicted molar refractivity (Wildman–Crippen MR) is 79.6 cm³/mol. The third kappa shape index (κ3) is 5.38. The zero-order valence-electron chi connectivity index (χ0n) is 13.3. The van der Waals surface area contributed by atoms with Crippen LogP contribution >= 0.6 is 0 Å². The van der Waals surface area contributed by atoms with Gasteiger partial charge >= 0.3 is 0 Å². The first-order chi connectivity index (χ1) is 9.10. The Labute approximate surface area is 118 Å². The van der Waals surface area contributed by atoms with Crippen molar-refractivity contribution in [3.05, 3.63) is 0 Å². The van der Waals surface area contributed by atoms with E-state index < -0.39 is 0 Å². The molecule has 0 amide bonds. The highest BCUT2D eigenvalue weighted by molar-refractivity contribution is 4.92. The van der Waals surface area contributed by atoms with Crippen LogP contribution in [0.1, 0.15) is 33.6 Å². The molecule has 0 bridgehead atoms. The van der Waals surface area contributed by atoms with Gasteiger partial charge in [0, 0.05) is 38.9 Å². The number of nitrogens with one attached hydrogen (secondary N) is 1. The van der Waals surface area contributed by atoms with Crippen molar-refractivity contribution < 1.29 is 9.47 Å². The van der Waals surface area contributed by atoms with Gasteiger partial charge < -0.3 is 14.8 Å². The average Bonchev–Trinajstić information content (AvgIpc) is 2.32. The quantitative estimate of drug-likeness (QED) is 0.657. The van der Waals surface area contributed by atoms with E-state index in [9.17, 15) is 0 Å². The van der Waals surface area contributed by atoms with Gasteiger partial charge in [-0.3, -0.25) is 4.90 Å². The number of nitrogens with zero attached hydrogens (tertiary/aromatic N) is 1. The molecule has 0 aromatic rings. The summed E-state index contributed by atoms with van der Waals surface area (Å²) in [5.41, 5.74) is 0. The van der Waals surface area contributed by atoms with Gasteiger partial charge in [-0.05, 0) is 32.2 Å². The van der Waals surface area contributed by atoms with E-state index in [4.69, 9.17) is 9.47 Å². The van der Waals surface area contributed by atoms with Crippen LogP contribution < -0.4 is 5.32 Å². The molecule has 0 saturated heterocycles. The lowest BCUT2D eigenvalue weighted by Gasteiger charge is -2.47. The van der Waals surface area contributed by atoms with Crippen LogP contribution in [0.5, 0.6) is 0 Å². The van der Waals surface area contributed by atoms with E-state index >= 15 is 0 Å². The Balaban J connectivity index is 2.48. The Hall–Kier alpha value is -0.160. The van der Waals surface area contributed by atoms with Gasteiger partial charge in [0.1, 0.15) is 0 Å². The molecule has 1 fully saturated rings. The predicted octanol–water partition coefficient (Wildman–Crippen LogP) is 1.75. The average molecular weight is 272 g/mol. The summed E-state index contributed by atoms with van der Waals surface area (Å²) in [5, 5.41) is 3.57. The molecule has 0 heterocycles. The standard InChI is InChI=1S/C15H32N2O2/c1-12(2)16-10-14-6-7-15(14)17(8-9-18-4)13(3)11-19-5/h12-16H,6-11H2,1-5H3. The Bertz CT molecular complexity index is 236. The largest absolute Gasteiger partial charge is 0.383 e. The zero-order chi connectivity index (χ0) is 14.3. The molecule has 0 radical (unpaired) electrons. The summed E-state index contributed by atoms with van der Waals surface area (Å²) in [6, 6.07) is 1.73. The molecule has 1 saturated carbocycles. The Kier molecular flexibility index (Phi) is 7.91. The SMILES string of the molecule is COCCN(C(C)COC)C1CCC1CNC(C)C. The van der Waals surface area contributed by atoms with Crippen LogP contribution in [0.4, 0.5) is 0 Å². The smallest absolute Gasteiger partial charge is 0.0615 e. The summed E-state index contributed by atoms with van der Waals surface area (Å²) in [5.74, 6) is 0.776. The number of hydrogen-bond acceptors (Lipinski definition) is 4. The highest BCUT2D eigenvalue weighted by atomic mass is 16.5. The van der Waals surface area contributed by atoms with Crippen molar-refractivity contribution in [2.24, 2.45) is 5.92 Å². The van der Waals surface area contributed by atoms with Crippen LogP contribution in [-0.2, 0) is 9.47 Å². The van der Waals surface area contributed by atoms with Gasteiger partial charge in [0.15, 0.2) is 0 Å². The summed E-state index contributed by atoms with van der Waals surface area (Å²) < 4.78 is 10.6. The molecule has 0 aliphatic heterocycles. The molecule has 1 aliphatic rings. The van der Waals surface area contributed by atoms with Crippen LogP contribution in [0.25, 0.3) is 0 Å². The lowest BCUT2D eigenvalue weighted by molar-refractivity contribution is -0.00978. The molecule has 3 atom stereocenters. The van der Waals surface area contributed by atoms with E-state index in [1.807, 2.05) is 0 Å². The van der Waals surface area contributed by atoms with E-state index in [1.54, 1.807) is 14.2 Å². The molecule has 1 aliphatic carbocycles. The highest BCUT2D eigenvalue weighted by Gasteiger charge is 2.36. The topological polar surface area (TPSA) is 33.7 Å². The normalized spacial score (nSPS) is 24.8. The fourth-order valence-corrected chi connectivity index (χ4v) is 2.86. The van der Waals surface area contributed by atoms with Crippen LogP contribution in [-0.4, -0.2) is 63.5 Å². The van der Waals surface area contributed by atoms with E-state index in [0.717, 1.165) is 32.2 Å². The van der Waals surface area contributed by atoms with Crippen LogP contribution in [0, 0.1) is 5.92 Å². The number of rotatable bonds is 10. The van der Waals surface area contributed by atoms with Gasteiger partial charge in [0.25, 0.3) is 0 Å². The minimum absolute atomic E-state index is 0.465. The van der Waals surface area contributed by atoms with Crippen molar-refractivity contribution in [1.82, 2.24) is 10.2 Å². The summed E-state index contributed by atoms with van der Waals surface area (Å²) in [7, 11) is 3.56. The maximum absolute atomic E-state index is 5.32. The second-order valence-corrected chi connectivity index (χ2v) is 6.00. The summed E-state index contributed by atoms with van der Waals surface area (Å²) in [4.78, 5) is 2.57. The van der Waals surface area contributed by atoms with Crippen LogP contribution in [0.2, 0.25) is 0 Å². The number of ether oxygens (including phenoxy) is 2. The molecule has 0 aromatic heterocycles. The van der Waals surface area contributed by atoms with Gasteiger partial charge in [-0.25, -0.2) is 0 Å². The van der Waals surface area contributed by atoms with Crippen molar-refractivity contribution in [2.75, 3.05) is 40.5 Å². The first-order valence-corrected chi connectivity index (χ1v) is 7.57. The van der Waals surface area contributed by atoms with Gasteiger partial charge in [0.05, 0.1) is 13.2 Å². The molecule has 0 spiro atoms. The monoisotopic (exact) mass is 272 g/mol. The van der Waals surface area contributed by atoms with E-state index in [1.165, 1.54) is 12.8 Å². The Morgan fingerprint density at radius 1 is 1.16 bits per heavy atom. The summed E-state index contributed by atoms with van der Waals surface area (Å²) in [6.07, 6.45) is 2.65. The summed E-state index contributed by atoms with van der Waals surface area (Å²) in [6.45, 7) is 10.4. The van der Waals surface area contributed by atoms with Gasteiger partial charge in [0.2, 0.25) is 0 Å². The van der Waals surface area contributed by atoms with E-state index in [2.05, 4.69) is 31.0 Å². The molecule has 1 N–H and O–H groups in total. The van der Waals surface area contributed by atoms with Crippen molar-refractivity contribution in [1.29, 1.82) is 0 Å². The van der Waals surface area contributed by atoms with E-state index in [0.29, 0.717) is 18.1 Å². The molecule has 3 unspecified atom stereocenters. The van der Waals surface area contributed by atoms with E-state index in [-0.39, 0.29) is 0 Å². The van der Waals surface area contributed by atoms with Gasteiger partial charge in [-0.2, -0.15) is 0 Å². The molecular weight excluding hydrogens is 240 g/mol. The maximum atomic E-state index is 5.32. The summed E-state index contributed by atoms with van der Waals surface area (Å²) >= 11 is 0. The molecule has 1 rings (SSSR count). The fourth-order valence-electron chi connectivity index (χ4n) is 2.86. The first kappa shape index (κ1) is 16.9. The number of methoxy groups -OCH3 is 2. The Morgan fingerprint density at radius 2 is 1.89 bits per heavy atom. The molecule has 19 heavy (non-hydrogen) atoms. The van der Waals surface area contributed by atoms with Crippen molar-refractivity contribution in [3.63, 3.8) is 0 Å². The van der Waals surface area contributed by atoms with Crippen molar-refractivity contribution >= 4 is 0 Å². The number of hydrogen-bond donors (Lipinski definition) is 1. The second-order valence-electron chi connectivity index (χ2n) is 6.00. The molecule has 4 heteroatoms. The zero-order valence-corrected chi connectivity index (χ0v) is 13.3. The van der Waals surface area contributed by atoms with Gasteiger partial charge in [-0.1, -0.05) is 13.8 Å². The van der Waals surface area contributed by atoms with Gasteiger partial charge in [-0.15, -0.1) is 0 Å². The van der Waals surface area contributed by atoms with Crippen LogP contribution in [0.3, 0.4) is 0 Å². The fraction of sp³-hybridized carbons (Fsp3) is 1.00. The second kappa shape index (κ2) is 8.90. The lowest BCUT2D eigenvalue weighted by atomic mass is 9.77. The van der Waals surface area contributed by atoms with Crippen LogP contribution in [0.15, 0.2) is 0 Å². The Morgan fingerprint density at radius 3 is 2.37 bits per heavy atom. The molecule has 0 aromatic carbocycles.